The van der Waals surface area contributed by atoms with Gasteiger partial charge in [0.25, 0.3) is 0 Å². The third-order valence-electron chi connectivity index (χ3n) is 5.16. The van der Waals surface area contributed by atoms with Crippen molar-refractivity contribution in [3.63, 3.8) is 0 Å². The first-order valence-corrected chi connectivity index (χ1v) is 10.1. The lowest BCUT2D eigenvalue weighted by molar-refractivity contribution is -0.120. The maximum absolute atomic E-state index is 13.7. The van der Waals surface area contributed by atoms with Gasteiger partial charge in [-0.05, 0) is 55.7 Å². The van der Waals surface area contributed by atoms with E-state index in [1.54, 1.807) is 37.5 Å². The molecule has 2 aromatic carbocycles. The van der Waals surface area contributed by atoms with Crippen LogP contribution < -0.4 is 15.0 Å². The molecule has 4 rings (SSSR count). The van der Waals surface area contributed by atoms with Gasteiger partial charge in [0, 0.05) is 24.7 Å². The summed E-state index contributed by atoms with van der Waals surface area (Å²) in [6.45, 7) is 3.25. The zero-order chi connectivity index (χ0) is 19.7. The molecule has 7 heteroatoms. The molecule has 0 saturated carbocycles. The molecule has 0 spiro atoms. The molecular weight excluding hydrogens is 377 g/mol. The predicted molar refractivity (Wildman–Crippen MR) is 111 cm³/mol. The van der Waals surface area contributed by atoms with Gasteiger partial charge < -0.3 is 15.0 Å². The van der Waals surface area contributed by atoms with Gasteiger partial charge in [0.05, 0.1) is 17.3 Å². The molecule has 5 nitrogen and oxygen atoms in total. The number of methoxy groups -OCH3 is 1. The average Bonchev–Trinajstić information content (AvgIpc) is 3.14. The standard InChI is InChI=1S/C21H22FN3O2S/c1-13-3-4-15(11-17(13)22)23-20(26)14-7-9-25(10-8-14)21-24-18-6-5-16(27-2)12-19(18)28-21/h3-6,11-12,14H,7-10H2,1-2H3,(H,23,26). The molecule has 146 valence electrons. The Labute approximate surface area is 167 Å². The number of rotatable bonds is 4. The van der Waals surface area contributed by atoms with E-state index >= 15 is 0 Å². The van der Waals surface area contributed by atoms with Gasteiger partial charge in [-0.1, -0.05) is 17.4 Å². The summed E-state index contributed by atoms with van der Waals surface area (Å²) in [5, 5.41) is 3.82. The lowest BCUT2D eigenvalue weighted by Crippen LogP contribution is -2.38. The molecule has 3 aromatic rings. The number of piperidine rings is 1. The van der Waals surface area contributed by atoms with Crippen molar-refractivity contribution in [2.75, 3.05) is 30.4 Å². The fourth-order valence-electron chi connectivity index (χ4n) is 3.40. The van der Waals surface area contributed by atoms with Gasteiger partial charge in [-0.15, -0.1) is 0 Å². The summed E-state index contributed by atoms with van der Waals surface area (Å²) in [5.74, 6) is 0.401. The molecular formula is C21H22FN3O2S. The Balaban J connectivity index is 1.38. The molecule has 1 aliphatic heterocycles. The molecule has 0 radical (unpaired) electrons. The lowest BCUT2D eigenvalue weighted by Gasteiger charge is -2.31. The molecule has 1 fully saturated rings. The molecule has 0 bridgehead atoms. The van der Waals surface area contributed by atoms with Crippen LogP contribution >= 0.6 is 11.3 Å². The Hall–Kier alpha value is -2.67. The van der Waals surface area contributed by atoms with E-state index in [9.17, 15) is 9.18 Å². The van der Waals surface area contributed by atoms with Crippen LogP contribution in [-0.2, 0) is 4.79 Å². The number of thiazole rings is 1. The first-order chi connectivity index (χ1) is 13.5. The van der Waals surface area contributed by atoms with Crippen molar-refractivity contribution < 1.29 is 13.9 Å². The van der Waals surface area contributed by atoms with Crippen molar-refractivity contribution in [1.82, 2.24) is 4.98 Å². The van der Waals surface area contributed by atoms with Gasteiger partial charge in [-0.2, -0.15) is 0 Å². The monoisotopic (exact) mass is 399 g/mol. The van der Waals surface area contributed by atoms with E-state index < -0.39 is 0 Å². The molecule has 1 aromatic heterocycles. The summed E-state index contributed by atoms with van der Waals surface area (Å²) in [5.41, 5.74) is 2.04. The van der Waals surface area contributed by atoms with E-state index in [2.05, 4.69) is 10.2 Å². The zero-order valence-electron chi connectivity index (χ0n) is 15.9. The molecule has 0 atom stereocenters. The summed E-state index contributed by atoms with van der Waals surface area (Å²) in [4.78, 5) is 19.5. The van der Waals surface area contributed by atoms with E-state index in [4.69, 9.17) is 9.72 Å². The highest BCUT2D eigenvalue weighted by atomic mass is 32.1. The highest BCUT2D eigenvalue weighted by Crippen LogP contribution is 2.33. The second kappa shape index (κ2) is 7.75. The second-order valence-corrected chi connectivity index (χ2v) is 8.05. The minimum absolute atomic E-state index is 0.0445. The van der Waals surface area contributed by atoms with Crippen molar-refractivity contribution >= 4 is 38.3 Å². The molecule has 1 N–H and O–H groups in total. The number of ether oxygens (including phenoxy) is 1. The fraction of sp³-hybridized carbons (Fsp3) is 0.333. The van der Waals surface area contributed by atoms with Crippen molar-refractivity contribution in [1.29, 1.82) is 0 Å². The number of amides is 1. The number of aromatic nitrogens is 1. The summed E-state index contributed by atoms with van der Waals surface area (Å²) in [6.07, 6.45) is 1.50. The molecule has 28 heavy (non-hydrogen) atoms. The van der Waals surface area contributed by atoms with Gasteiger partial charge in [0.15, 0.2) is 5.13 Å². The number of carbonyl (C=O) groups is 1. The number of benzene rings is 2. The van der Waals surface area contributed by atoms with Gasteiger partial charge >= 0.3 is 0 Å². The number of carbonyl (C=O) groups excluding carboxylic acids is 1. The molecule has 2 heterocycles. The molecule has 1 amide bonds. The largest absolute Gasteiger partial charge is 0.497 e. The number of aryl methyl sites for hydroxylation is 1. The quantitative estimate of drug-likeness (QED) is 0.696. The SMILES string of the molecule is COc1ccc2nc(N3CCC(C(=O)Nc4ccc(C)c(F)c4)CC3)sc2c1. The minimum atomic E-state index is -0.305. The van der Waals surface area contributed by atoms with E-state index in [1.165, 1.54) is 6.07 Å². The van der Waals surface area contributed by atoms with Gasteiger partial charge in [-0.3, -0.25) is 4.79 Å². The van der Waals surface area contributed by atoms with E-state index in [0.717, 1.165) is 47.0 Å². The maximum Gasteiger partial charge on any atom is 0.227 e. The average molecular weight is 399 g/mol. The van der Waals surface area contributed by atoms with Crippen LogP contribution in [0.2, 0.25) is 0 Å². The van der Waals surface area contributed by atoms with Crippen LogP contribution in [0.5, 0.6) is 5.75 Å². The number of halogens is 1. The van der Waals surface area contributed by atoms with E-state index in [1.807, 2.05) is 18.2 Å². The Morgan fingerprint density at radius 2 is 2.04 bits per heavy atom. The molecule has 1 aliphatic rings. The maximum atomic E-state index is 13.7. The Bertz CT molecular complexity index is 1010. The molecule has 0 aliphatic carbocycles. The van der Waals surface area contributed by atoms with Gasteiger partial charge in [-0.25, -0.2) is 9.37 Å². The van der Waals surface area contributed by atoms with Crippen LogP contribution in [0.4, 0.5) is 15.2 Å². The van der Waals surface area contributed by atoms with Crippen molar-refractivity contribution in [2.24, 2.45) is 5.92 Å². The molecule has 0 unspecified atom stereocenters. The number of nitrogens with one attached hydrogen (secondary N) is 1. The highest BCUT2D eigenvalue weighted by Gasteiger charge is 2.26. The number of hydrogen-bond acceptors (Lipinski definition) is 5. The van der Waals surface area contributed by atoms with Crippen molar-refractivity contribution in [2.45, 2.75) is 19.8 Å². The van der Waals surface area contributed by atoms with Crippen LogP contribution in [0.1, 0.15) is 18.4 Å². The van der Waals surface area contributed by atoms with Crippen molar-refractivity contribution in [3.05, 3.63) is 47.8 Å². The summed E-state index contributed by atoms with van der Waals surface area (Å²) >= 11 is 1.64. The van der Waals surface area contributed by atoms with Crippen LogP contribution in [0.15, 0.2) is 36.4 Å². The minimum Gasteiger partial charge on any atom is -0.497 e. The number of anilines is 2. The summed E-state index contributed by atoms with van der Waals surface area (Å²) in [7, 11) is 1.66. The smallest absolute Gasteiger partial charge is 0.227 e. The predicted octanol–water partition coefficient (Wildman–Crippen LogP) is 4.61. The first-order valence-electron chi connectivity index (χ1n) is 9.30. The Morgan fingerprint density at radius 3 is 2.75 bits per heavy atom. The Kier molecular flexibility index (Phi) is 5.17. The summed E-state index contributed by atoms with van der Waals surface area (Å²) in [6, 6.07) is 10.7. The second-order valence-electron chi connectivity index (χ2n) is 7.04. The third kappa shape index (κ3) is 3.80. The third-order valence-corrected chi connectivity index (χ3v) is 6.24. The number of fused-ring (bicyclic) bond motifs is 1. The number of nitrogens with zero attached hydrogens (tertiary/aromatic N) is 2. The fourth-order valence-corrected chi connectivity index (χ4v) is 4.45. The van der Waals surface area contributed by atoms with Crippen LogP contribution in [0.25, 0.3) is 10.2 Å². The van der Waals surface area contributed by atoms with E-state index in [0.29, 0.717) is 11.3 Å². The summed E-state index contributed by atoms with van der Waals surface area (Å²) < 4.78 is 20.0. The number of hydrogen-bond donors (Lipinski definition) is 1. The topological polar surface area (TPSA) is 54.5 Å². The van der Waals surface area contributed by atoms with Crippen molar-refractivity contribution in [3.8, 4) is 5.75 Å². The molecule has 1 saturated heterocycles. The van der Waals surface area contributed by atoms with Gasteiger partial charge in [0.1, 0.15) is 11.6 Å². The highest BCUT2D eigenvalue weighted by molar-refractivity contribution is 7.22. The lowest BCUT2D eigenvalue weighted by atomic mass is 9.96. The Morgan fingerprint density at radius 1 is 1.25 bits per heavy atom. The van der Waals surface area contributed by atoms with Crippen LogP contribution in [-0.4, -0.2) is 31.1 Å². The van der Waals surface area contributed by atoms with Crippen LogP contribution in [0, 0.1) is 18.7 Å². The van der Waals surface area contributed by atoms with Crippen LogP contribution in [0.3, 0.4) is 0 Å². The van der Waals surface area contributed by atoms with E-state index in [-0.39, 0.29) is 17.6 Å². The normalized spacial score (nSPS) is 15.0. The first kappa shape index (κ1) is 18.7. The zero-order valence-corrected chi connectivity index (χ0v) is 16.7. The van der Waals surface area contributed by atoms with Gasteiger partial charge in [0.2, 0.25) is 5.91 Å².